The van der Waals surface area contributed by atoms with Crippen molar-refractivity contribution in [1.82, 2.24) is 0 Å². The van der Waals surface area contributed by atoms with Crippen molar-refractivity contribution in [2.45, 2.75) is 44.1 Å². The number of aliphatic imine (C=N–C) groups is 2. The molecular weight excluding hydrogens is 406 g/mol. The van der Waals surface area contributed by atoms with E-state index in [9.17, 15) is 5.11 Å². The van der Waals surface area contributed by atoms with Crippen LogP contribution >= 0.6 is 0 Å². The molecule has 32 heavy (non-hydrogen) atoms. The van der Waals surface area contributed by atoms with Crippen molar-refractivity contribution in [3.05, 3.63) is 71.8 Å². The molecule has 2 aromatic rings. The summed E-state index contributed by atoms with van der Waals surface area (Å²) in [6.07, 6.45) is -0.692. The molecule has 0 bridgehead atoms. The number of hydrogen-bond acceptors (Lipinski definition) is 7. The molecule has 0 spiro atoms. The summed E-state index contributed by atoms with van der Waals surface area (Å²) in [5.41, 5.74) is 1.58. The molecule has 2 aliphatic heterocycles. The minimum atomic E-state index is -1.07. The first kappa shape index (κ1) is 22.0. The van der Waals surface area contributed by atoms with E-state index in [-0.39, 0.29) is 12.0 Å². The molecule has 2 aromatic carbocycles. The molecule has 7 nitrogen and oxygen atoms in total. The van der Waals surface area contributed by atoms with E-state index in [0.717, 1.165) is 11.1 Å². The molecule has 3 atom stereocenters. The van der Waals surface area contributed by atoms with Gasteiger partial charge in [0.2, 0.25) is 11.8 Å². The van der Waals surface area contributed by atoms with Crippen molar-refractivity contribution < 1.29 is 19.4 Å². The third kappa shape index (κ3) is 3.88. The topological polar surface area (TPSA) is 85.0 Å². The molecule has 1 N–H and O–H groups in total. The normalized spacial score (nSPS) is 23.0. The summed E-state index contributed by atoms with van der Waals surface area (Å²) in [5, 5.41) is 15.6. The quantitative estimate of drug-likeness (QED) is 0.778. The van der Waals surface area contributed by atoms with Crippen molar-refractivity contribution in [2.75, 3.05) is 14.2 Å². The summed E-state index contributed by atoms with van der Waals surface area (Å²) >= 11 is 0. The van der Waals surface area contributed by atoms with Gasteiger partial charge in [0.05, 0.1) is 19.9 Å². The Bertz CT molecular complexity index is 978. The van der Waals surface area contributed by atoms with Crippen LogP contribution in [-0.4, -0.2) is 55.0 Å². The van der Waals surface area contributed by atoms with Crippen molar-refractivity contribution in [3.8, 4) is 0 Å². The standard InChI is InChI=1S/C25H29N3O4/c1-16(2)20-23(30-3)27-21(24(26-20)31-4)22(29)19-15-25(32-28-19,17-11-7-5-8-12-17)18-13-9-6-10-14-18/h5-14,16,20-22,29H,15H2,1-4H3/t20-,21+,22-/m1/s1. The van der Waals surface area contributed by atoms with E-state index in [0.29, 0.717) is 23.9 Å². The van der Waals surface area contributed by atoms with Gasteiger partial charge in [-0.05, 0) is 5.92 Å². The molecule has 0 aromatic heterocycles. The molecule has 0 amide bonds. The van der Waals surface area contributed by atoms with Crippen LogP contribution in [0.2, 0.25) is 0 Å². The molecule has 168 valence electrons. The van der Waals surface area contributed by atoms with E-state index in [2.05, 4.69) is 15.1 Å². The number of aliphatic hydroxyl groups is 1. The number of ether oxygens (including phenoxy) is 2. The Balaban J connectivity index is 1.66. The lowest BCUT2D eigenvalue weighted by atomic mass is 9.81. The zero-order chi connectivity index (χ0) is 22.7. The first-order valence-corrected chi connectivity index (χ1v) is 10.8. The molecule has 2 aliphatic rings. The Morgan fingerprint density at radius 2 is 1.38 bits per heavy atom. The van der Waals surface area contributed by atoms with Gasteiger partial charge in [-0.3, -0.25) is 0 Å². The lowest BCUT2D eigenvalue weighted by Crippen LogP contribution is -2.46. The predicted octanol–water partition coefficient (Wildman–Crippen LogP) is 3.56. The highest BCUT2D eigenvalue weighted by atomic mass is 16.7. The van der Waals surface area contributed by atoms with E-state index in [1.54, 1.807) is 7.11 Å². The number of aliphatic hydroxyl groups excluding tert-OH is 1. The first-order valence-electron chi connectivity index (χ1n) is 10.8. The number of methoxy groups -OCH3 is 2. The molecule has 2 heterocycles. The summed E-state index contributed by atoms with van der Waals surface area (Å²) in [7, 11) is 3.10. The summed E-state index contributed by atoms with van der Waals surface area (Å²) in [6.45, 7) is 4.07. The van der Waals surface area contributed by atoms with Gasteiger partial charge in [-0.2, -0.15) is 0 Å². The summed E-state index contributed by atoms with van der Waals surface area (Å²) < 4.78 is 11.0. The van der Waals surface area contributed by atoms with Crippen LogP contribution in [0.4, 0.5) is 0 Å². The van der Waals surface area contributed by atoms with E-state index < -0.39 is 17.7 Å². The number of oxime groups is 1. The Hall–Kier alpha value is -3.19. The van der Waals surface area contributed by atoms with E-state index in [1.165, 1.54) is 7.11 Å². The largest absolute Gasteiger partial charge is 0.483 e. The van der Waals surface area contributed by atoms with Gasteiger partial charge in [-0.25, -0.2) is 9.98 Å². The maximum absolute atomic E-state index is 11.3. The highest BCUT2D eigenvalue weighted by Gasteiger charge is 2.47. The molecule has 0 saturated heterocycles. The van der Waals surface area contributed by atoms with Crippen LogP contribution in [-0.2, 0) is 19.9 Å². The molecule has 7 heteroatoms. The zero-order valence-corrected chi connectivity index (χ0v) is 18.8. The van der Waals surface area contributed by atoms with Crippen molar-refractivity contribution in [2.24, 2.45) is 21.1 Å². The second-order valence-corrected chi connectivity index (χ2v) is 8.33. The van der Waals surface area contributed by atoms with Crippen LogP contribution in [0, 0.1) is 5.92 Å². The monoisotopic (exact) mass is 435 g/mol. The van der Waals surface area contributed by atoms with Crippen molar-refractivity contribution in [3.63, 3.8) is 0 Å². The maximum atomic E-state index is 11.3. The van der Waals surface area contributed by atoms with Gasteiger partial charge in [0, 0.05) is 17.5 Å². The van der Waals surface area contributed by atoms with Crippen LogP contribution in [0.3, 0.4) is 0 Å². The van der Waals surface area contributed by atoms with E-state index in [4.69, 9.17) is 14.3 Å². The Morgan fingerprint density at radius 3 is 1.88 bits per heavy atom. The summed E-state index contributed by atoms with van der Waals surface area (Å²) in [5.74, 6) is 1.01. The SMILES string of the molecule is COC1=N[C@H](C(C)C)C(OC)=N[C@H]1[C@H](O)C1=NOC(c2ccccc2)(c2ccccc2)C1. The highest BCUT2D eigenvalue weighted by molar-refractivity contribution is 6.01. The van der Waals surface area contributed by atoms with Gasteiger partial charge in [-0.1, -0.05) is 79.7 Å². The first-order chi connectivity index (χ1) is 15.5. The minimum Gasteiger partial charge on any atom is -0.483 e. The number of rotatable bonds is 5. The molecular formula is C25H29N3O4. The fraction of sp³-hybridized carbons (Fsp3) is 0.400. The van der Waals surface area contributed by atoms with Crippen molar-refractivity contribution in [1.29, 1.82) is 0 Å². The Kier molecular flexibility index (Phi) is 6.28. The Labute approximate surface area is 188 Å². The van der Waals surface area contributed by atoms with Crippen LogP contribution in [0.25, 0.3) is 0 Å². The van der Waals surface area contributed by atoms with E-state index >= 15 is 0 Å². The van der Waals surface area contributed by atoms with Gasteiger partial charge in [-0.15, -0.1) is 0 Å². The van der Waals surface area contributed by atoms with Gasteiger partial charge >= 0.3 is 0 Å². The second-order valence-electron chi connectivity index (χ2n) is 8.33. The molecule has 0 aliphatic carbocycles. The van der Waals surface area contributed by atoms with Crippen LogP contribution in [0.15, 0.2) is 75.8 Å². The minimum absolute atomic E-state index is 0.174. The zero-order valence-electron chi connectivity index (χ0n) is 18.8. The summed E-state index contributed by atoms with van der Waals surface area (Å²) in [4.78, 5) is 15.4. The predicted molar refractivity (Wildman–Crippen MR) is 124 cm³/mol. The second kappa shape index (κ2) is 9.12. The maximum Gasteiger partial charge on any atom is 0.212 e. The average Bonchev–Trinajstić information content (AvgIpc) is 3.30. The molecule has 4 rings (SSSR count). The Morgan fingerprint density at radius 1 is 0.875 bits per heavy atom. The summed E-state index contributed by atoms with van der Waals surface area (Å²) in [6, 6.07) is 18.8. The fourth-order valence-electron chi connectivity index (χ4n) is 4.21. The van der Waals surface area contributed by atoms with Gasteiger partial charge < -0.3 is 19.4 Å². The lowest BCUT2D eigenvalue weighted by Gasteiger charge is -2.30. The number of nitrogens with zero attached hydrogens (tertiary/aromatic N) is 3. The smallest absolute Gasteiger partial charge is 0.212 e. The average molecular weight is 436 g/mol. The molecule has 0 fully saturated rings. The van der Waals surface area contributed by atoms with Gasteiger partial charge in [0.25, 0.3) is 0 Å². The van der Waals surface area contributed by atoms with Gasteiger partial charge in [0.1, 0.15) is 12.1 Å². The van der Waals surface area contributed by atoms with Crippen LogP contribution < -0.4 is 0 Å². The third-order valence-corrected chi connectivity index (χ3v) is 5.96. The highest BCUT2D eigenvalue weighted by Crippen LogP contribution is 2.42. The van der Waals surface area contributed by atoms with Crippen LogP contribution in [0.1, 0.15) is 31.4 Å². The molecule has 0 radical (unpaired) electrons. The van der Waals surface area contributed by atoms with Crippen molar-refractivity contribution >= 4 is 17.5 Å². The molecule has 0 unspecified atom stereocenters. The van der Waals surface area contributed by atoms with Crippen LogP contribution in [0.5, 0.6) is 0 Å². The number of hydrogen-bond donors (Lipinski definition) is 1. The molecule has 0 saturated carbocycles. The third-order valence-electron chi connectivity index (χ3n) is 5.96. The van der Waals surface area contributed by atoms with E-state index in [1.807, 2.05) is 74.5 Å². The van der Waals surface area contributed by atoms with Gasteiger partial charge in [0.15, 0.2) is 11.6 Å². The fourth-order valence-corrected chi connectivity index (χ4v) is 4.21. The number of benzene rings is 2. The lowest BCUT2D eigenvalue weighted by molar-refractivity contribution is 0.0112.